The second-order valence-electron chi connectivity index (χ2n) is 5.43. The van der Waals surface area contributed by atoms with E-state index in [-0.39, 0.29) is 18.4 Å². The molecule has 1 aliphatic heterocycles. The molecule has 0 bridgehead atoms. The number of amides is 4. The fourth-order valence-corrected chi connectivity index (χ4v) is 2.38. The fourth-order valence-electron chi connectivity index (χ4n) is 2.38. The molecule has 118 valence electrons. The zero-order chi connectivity index (χ0) is 16.1. The van der Waals surface area contributed by atoms with E-state index in [0.717, 1.165) is 23.3 Å². The minimum atomic E-state index is -0.501. The molecule has 2 rings (SSSR count). The molecule has 6 heteroatoms. The van der Waals surface area contributed by atoms with Gasteiger partial charge in [0.1, 0.15) is 12.6 Å². The number of rotatable bonds is 6. The Morgan fingerprint density at radius 1 is 1.32 bits per heavy atom. The third kappa shape index (κ3) is 3.63. The predicted molar refractivity (Wildman–Crippen MR) is 83.4 cm³/mol. The van der Waals surface area contributed by atoms with Crippen LogP contribution in [0.2, 0.25) is 0 Å². The number of unbranched alkanes of at least 4 members (excludes halogenated alkanes) is 1. The van der Waals surface area contributed by atoms with Gasteiger partial charge in [0, 0.05) is 5.69 Å². The van der Waals surface area contributed by atoms with E-state index < -0.39 is 12.1 Å². The first-order valence-electron chi connectivity index (χ1n) is 7.50. The van der Waals surface area contributed by atoms with E-state index in [2.05, 4.69) is 10.6 Å². The normalized spacial score (nSPS) is 17.5. The van der Waals surface area contributed by atoms with Gasteiger partial charge in [0.05, 0.1) is 0 Å². The summed E-state index contributed by atoms with van der Waals surface area (Å²) in [6.45, 7) is 3.64. The van der Waals surface area contributed by atoms with Crippen LogP contribution in [0.5, 0.6) is 0 Å². The van der Waals surface area contributed by atoms with Crippen LogP contribution in [0.25, 0.3) is 0 Å². The highest BCUT2D eigenvalue weighted by molar-refractivity contribution is 6.07. The van der Waals surface area contributed by atoms with Gasteiger partial charge in [0.15, 0.2) is 0 Å². The largest absolute Gasteiger partial charge is 0.326 e. The predicted octanol–water partition coefficient (Wildman–Crippen LogP) is 2.04. The van der Waals surface area contributed by atoms with E-state index in [1.165, 1.54) is 0 Å². The molecule has 6 nitrogen and oxygen atoms in total. The molecule has 0 saturated carbocycles. The van der Waals surface area contributed by atoms with Crippen LogP contribution in [0.3, 0.4) is 0 Å². The second-order valence-corrected chi connectivity index (χ2v) is 5.43. The average Bonchev–Trinajstić information content (AvgIpc) is 2.75. The molecular formula is C16H21N3O3. The number of para-hydroxylation sites is 1. The molecule has 0 aromatic heterocycles. The summed E-state index contributed by atoms with van der Waals surface area (Å²) in [5, 5.41) is 5.35. The smallest absolute Gasteiger partial charge is 0.325 e. The van der Waals surface area contributed by atoms with Crippen molar-refractivity contribution in [3.05, 3.63) is 29.8 Å². The Balaban J connectivity index is 1.95. The van der Waals surface area contributed by atoms with E-state index in [1.807, 2.05) is 32.0 Å². The summed E-state index contributed by atoms with van der Waals surface area (Å²) < 4.78 is 0. The van der Waals surface area contributed by atoms with Crippen LogP contribution in [-0.2, 0) is 9.59 Å². The number of carbonyl (C=O) groups excluding carboxylic acids is 3. The van der Waals surface area contributed by atoms with Gasteiger partial charge < -0.3 is 10.6 Å². The highest BCUT2D eigenvalue weighted by Gasteiger charge is 2.38. The lowest BCUT2D eigenvalue weighted by atomic mass is 10.1. The van der Waals surface area contributed by atoms with Crippen LogP contribution in [0, 0.1) is 6.92 Å². The molecule has 2 N–H and O–H groups in total. The van der Waals surface area contributed by atoms with Crippen molar-refractivity contribution in [2.45, 2.75) is 39.2 Å². The Morgan fingerprint density at radius 3 is 2.73 bits per heavy atom. The monoisotopic (exact) mass is 303 g/mol. The minimum absolute atomic E-state index is 0.262. The van der Waals surface area contributed by atoms with E-state index >= 15 is 0 Å². The summed E-state index contributed by atoms with van der Waals surface area (Å²) in [6.07, 6.45) is 2.42. The van der Waals surface area contributed by atoms with Crippen molar-refractivity contribution in [1.82, 2.24) is 10.2 Å². The van der Waals surface area contributed by atoms with Crippen molar-refractivity contribution in [2.24, 2.45) is 0 Å². The molecule has 1 aromatic carbocycles. The van der Waals surface area contributed by atoms with Crippen LogP contribution in [0.4, 0.5) is 10.5 Å². The summed E-state index contributed by atoms with van der Waals surface area (Å²) in [5.41, 5.74) is 1.61. The van der Waals surface area contributed by atoms with Crippen LogP contribution < -0.4 is 10.6 Å². The van der Waals surface area contributed by atoms with Crippen molar-refractivity contribution in [3.63, 3.8) is 0 Å². The Morgan fingerprint density at radius 2 is 2.05 bits per heavy atom. The van der Waals surface area contributed by atoms with Crippen molar-refractivity contribution in [3.8, 4) is 0 Å². The minimum Gasteiger partial charge on any atom is -0.326 e. The molecule has 1 atom stereocenters. The van der Waals surface area contributed by atoms with Gasteiger partial charge in [-0.3, -0.25) is 14.5 Å². The quantitative estimate of drug-likeness (QED) is 0.789. The van der Waals surface area contributed by atoms with Gasteiger partial charge in [-0.1, -0.05) is 38.0 Å². The summed E-state index contributed by atoms with van der Waals surface area (Å²) in [4.78, 5) is 37.0. The Labute approximate surface area is 129 Å². The van der Waals surface area contributed by atoms with Crippen LogP contribution in [-0.4, -0.2) is 35.3 Å². The van der Waals surface area contributed by atoms with E-state index in [9.17, 15) is 14.4 Å². The van der Waals surface area contributed by atoms with Gasteiger partial charge >= 0.3 is 6.03 Å². The SMILES string of the molecule is CCCC[C@@H]1NC(=O)N(CC(=O)Nc2ccccc2C)C1=O. The first kappa shape index (κ1) is 16.0. The van der Waals surface area contributed by atoms with Gasteiger partial charge in [-0.2, -0.15) is 0 Å². The molecule has 4 amide bonds. The molecule has 22 heavy (non-hydrogen) atoms. The maximum absolute atomic E-state index is 12.1. The van der Waals surface area contributed by atoms with E-state index in [4.69, 9.17) is 0 Å². The van der Waals surface area contributed by atoms with Crippen LogP contribution in [0.15, 0.2) is 24.3 Å². The fraction of sp³-hybridized carbons (Fsp3) is 0.438. The topological polar surface area (TPSA) is 78.5 Å². The number of urea groups is 1. The maximum atomic E-state index is 12.1. The lowest BCUT2D eigenvalue weighted by Gasteiger charge is -2.14. The Hall–Kier alpha value is -2.37. The number of hydrogen-bond donors (Lipinski definition) is 2. The summed E-state index contributed by atoms with van der Waals surface area (Å²) in [6, 6.07) is 6.36. The highest BCUT2D eigenvalue weighted by Crippen LogP contribution is 2.15. The average molecular weight is 303 g/mol. The third-order valence-corrected chi connectivity index (χ3v) is 3.67. The maximum Gasteiger partial charge on any atom is 0.325 e. The second kappa shape index (κ2) is 7.06. The molecule has 0 aliphatic carbocycles. The Bertz CT molecular complexity index is 586. The number of carbonyl (C=O) groups is 3. The summed E-state index contributed by atoms with van der Waals surface area (Å²) in [7, 11) is 0. The number of nitrogens with zero attached hydrogens (tertiary/aromatic N) is 1. The number of nitrogens with one attached hydrogen (secondary N) is 2. The number of anilines is 1. The first-order valence-corrected chi connectivity index (χ1v) is 7.50. The molecule has 0 spiro atoms. The molecule has 1 aliphatic rings. The molecular weight excluding hydrogens is 282 g/mol. The van der Waals surface area contributed by atoms with Crippen molar-refractivity contribution >= 4 is 23.5 Å². The lowest BCUT2D eigenvalue weighted by Crippen LogP contribution is -2.38. The molecule has 0 unspecified atom stereocenters. The zero-order valence-corrected chi connectivity index (χ0v) is 12.9. The third-order valence-electron chi connectivity index (χ3n) is 3.67. The van der Waals surface area contributed by atoms with E-state index in [1.54, 1.807) is 6.07 Å². The molecule has 1 aromatic rings. The van der Waals surface area contributed by atoms with Gasteiger partial charge in [-0.15, -0.1) is 0 Å². The summed E-state index contributed by atoms with van der Waals surface area (Å²) in [5.74, 6) is -0.702. The number of imide groups is 1. The van der Waals surface area contributed by atoms with Crippen LogP contribution in [0.1, 0.15) is 31.7 Å². The van der Waals surface area contributed by atoms with E-state index in [0.29, 0.717) is 12.1 Å². The standard InChI is InChI=1S/C16H21N3O3/c1-3-4-8-13-15(21)19(16(22)18-13)10-14(20)17-12-9-6-5-7-11(12)2/h5-7,9,13H,3-4,8,10H2,1-2H3,(H,17,20)(H,18,22)/t13-/m0/s1. The highest BCUT2D eigenvalue weighted by atomic mass is 16.2. The van der Waals surface area contributed by atoms with Crippen molar-refractivity contribution in [1.29, 1.82) is 0 Å². The lowest BCUT2D eigenvalue weighted by molar-refractivity contribution is -0.130. The number of benzene rings is 1. The molecule has 1 saturated heterocycles. The van der Waals surface area contributed by atoms with Gasteiger partial charge in [-0.25, -0.2) is 4.79 Å². The molecule has 0 radical (unpaired) electrons. The Kier molecular flexibility index (Phi) is 5.14. The first-order chi connectivity index (χ1) is 10.5. The van der Waals surface area contributed by atoms with Gasteiger partial charge in [-0.05, 0) is 25.0 Å². The van der Waals surface area contributed by atoms with Crippen molar-refractivity contribution < 1.29 is 14.4 Å². The van der Waals surface area contributed by atoms with Crippen LogP contribution >= 0.6 is 0 Å². The number of hydrogen-bond acceptors (Lipinski definition) is 3. The van der Waals surface area contributed by atoms with Crippen molar-refractivity contribution in [2.75, 3.05) is 11.9 Å². The molecule has 1 fully saturated rings. The molecule has 1 heterocycles. The van der Waals surface area contributed by atoms with Gasteiger partial charge in [0.25, 0.3) is 5.91 Å². The summed E-state index contributed by atoms with van der Waals surface area (Å²) >= 11 is 0. The number of aryl methyl sites for hydroxylation is 1. The van der Waals surface area contributed by atoms with Gasteiger partial charge in [0.2, 0.25) is 5.91 Å². The zero-order valence-electron chi connectivity index (χ0n) is 12.9.